The molecule has 1 saturated heterocycles. The molecule has 1 aromatic carbocycles. The molecular formula is C17H23F3N2. The number of nitrogens with one attached hydrogen (secondary N) is 1. The number of hydrogen-bond acceptors (Lipinski definition) is 2. The maximum absolute atomic E-state index is 14.0. The highest BCUT2D eigenvalue weighted by molar-refractivity contribution is 5.51. The molecule has 1 heterocycles. The Labute approximate surface area is 129 Å². The average molecular weight is 312 g/mol. The van der Waals surface area contributed by atoms with Crippen LogP contribution >= 0.6 is 0 Å². The van der Waals surface area contributed by atoms with Gasteiger partial charge in [-0.2, -0.15) is 0 Å². The van der Waals surface area contributed by atoms with Gasteiger partial charge in [-0.25, -0.2) is 13.2 Å². The van der Waals surface area contributed by atoms with E-state index in [4.69, 9.17) is 0 Å². The fraction of sp³-hybridized carbons (Fsp3) is 0.647. The highest BCUT2D eigenvalue weighted by Crippen LogP contribution is 2.35. The summed E-state index contributed by atoms with van der Waals surface area (Å²) in [5.41, 5.74) is 0.128. The Morgan fingerprint density at radius 3 is 2.64 bits per heavy atom. The summed E-state index contributed by atoms with van der Waals surface area (Å²) in [5, 5.41) is 3.68. The lowest BCUT2D eigenvalue weighted by molar-refractivity contribution is 0.146. The van der Waals surface area contributed by atoms with Crippen molar-refractivity contribution in [2.24, 2.45) is 0 Å². The van der Waals surface area contributed by atoms with Gasteiger partial charge in [0.2, 0.25) is 0 Å². The number of hydrogen-bond donors (Lipinski definition) is 1. The van der Waals surface area contributed by atoms with Gasteiger partial charge in [-0.15, -0.1) is 0 Å². The van der Waals surface area contributed by atoms with E-state index in [1.54, 1.807) is 6.07 Å². The van der Waals surface area contributed by atoms with Gasteiger partial charge in [-0.05, 0) is 44.9 Å². The first-order valence-corrected chi connectivity index (χ1v) is 7.99. The Hall–Kier alpha value is -1.23. The number of rotatable bonds is 2. The zero-order valence-corrected chi connectivity index (χ0v) is 13.1. The van der Waals surface area contributed by atoms with Gasteiger partial charge in [0.05, 0.1) is 5.56 Å². The summed E-state index contributed by atoms with van der Waals surface area (Å²) in [7, 11) is 0. The van der Waals surface area contributed by atoms with Crippen molar-refractivity contribution < 1.29 is 13.2 Å². The van der Waals surface area contributed by atoms with E-state index in [9.17, 15) is 13.2 Å². The average Bonchev–Trinajstić information content (AvgIpc) is 2.44. The summed E-state index contributed by atoms with van der Waals surface area (Å²) in [6.07, 6.45) is 1.78. The van der Waals surface area contributed by atoms with Crippen molar-refractivity contribution in [3.8, 4) is 0 Å². The van der Waals surface area contributed by atoms with Crippen LogP contribution in [0.5, 0.6) is 0 Å². The molecule has 1 aliphatic heterocycles. The molecule has 1 saturated carbocycles. The van der Waals surface area contributed by atoms with Crippen LogP contribution in [-0.4, -0.2) is 24.2 Å². The molecule has 2 atom stereocenters. The number of fused-ring (bicyclic) bond motifs is 1. The Bertz CT molecular complexity index is 545. The van der Waals surface area contributed by atoms with Gasteiger partial charge in [0, 0.05) is 29.9 Å². The van der Waals surface area contributed by atoms with Crippen molar-refractivity contribution in [2.75, 3.05) is 11.4 Å². The Morgan fingerprint density at radius 2 is 1.95 bits per heavy atom. The van der Waals surface area contributed by atoms with Crippen LogP contribution in [0.2, 0.25) is 0 Å². The summed E-state index contributed by atoms with van der Waals surface area (Å²) in [6, 6.07) is 4.84. The highest BCUT2D eigenvalue weighted by Gasteiger charge is 2.40. The molecule has 1 aromatic rings. The van der Waals surface area contributed by atoms with Crippen molar-refractivity contribution in [1.82, 2.24) is 5.32 Å². The third-order valence-electron chi connectivity index (χ3n) is 4.82. The first kappa shape index (κ1) is 15.7. The largest absolute Gasteiger partial charge is 0.365 e. The van der Waals surface area contributed by atoms with Crippen molar-refractivity contribution in [3.05, 3.63) is 29.6 Å². The van der Waals surface area contributed by atoms with Crippen molar-refractivity contribution in [1.29, 1.82) is 0 Å². The number of alkyl halides is 2. The lowest BCUT2D eigenvalue weighted by Gasteiger charge is -2.52. The number of benzene rings is 1. The van der Waals surface area contributed by atoms with Gasteiger partial charge in [-0.3, -0.25) is 0 Å². The topological polar surface area (TPSA) is 15.3 Å². The minimum atomic E-state index is -2.77. The summed E-state index contributed by atoms with van der Waals surface area (Å²) >= 11 is 0. The van der Waals surface area contributed by atoms with E-state index in [1.807, 2.05) is 0 Å². The summed E-state index contributed by atoms with van der Waals surface area (Å²) in [6.45, 7) is 5.02. The lowest BCUT2D eigenvalue weighted by atomic mass is 9.83. The predicted octanol–water partition coefficient (Wildman–Crippen LogP) is 4.26. The molecule has 5 heteroatoms. The Kier molecular flexibility index (Phi) is 4.10. The quantitative estimate of drug-likeness (QED) is 0.877. The molecule has 1 N–H and O–H groups in total. The zero-order chi connectivity index (χ0) is 15.9. The second kappa shape index (κ2) is 5.76. The molecule has 2 aliphatic rings. The van der Waals surface area contributed by atoms with Crippen LogP contribution < -0.4 is 10.2 Å². The molecule has 0 unspecified atom stereocenters. The first-order chi connectivity index (χ1) is 10.4. The third kappa shape index (κ3) is 2.96. The van der Waals surface area contributed by atoms with Gasteiger partial charge < -0.3 is 10.2 Å². The smallest absolute Gasteiger partial charge is 0.266 e. The Balaban J connectivity index is 1.92. The van der Waals surface area contributed by atoms with Gasteiger partial charge in [-0.1, -0.05) is 12.8 Å². The minimum absolute atomic E-state index is 0.0730. The van der Waals surface area contributed by atoms with Crippen LogP contribution in [-0.2, 0) is 0 Å². The van der Waals surface area contributed by atoms with Crippen LogP contribution in [0.25, 0.3) is 0 Å². The van der Waals surface area contributed by atoms with Crippen molar-refractivity contribution in [3.63, 3.8) is 0 Å². The van der Waals surface area contributed by atoms with Gasteiger partial charge in [0.25, 0.3) is 6.43 Å². The van der Waals surface area contributed by atoms with Gasteiger partial charge in [0.1, 0.15) is 5.82 Å². The molecule has 0 aromatic heterocycles. The molecule has 3 rings (SSSR count). The number of piperazine rings is 1. The molecule has 122 valence electrons. The van der Waals surface area contributed by atoms with E-state index in [-0.39, 0.29) is 5.54 Å². The van der Waals surface area contributed by atoms with Gasteiger partial charge >= 0.3 is 0 Å². The lowest BCUT2D eigenvalue weighted by Crippen LogP contribution is -2.67. The maximum Gasteiger partial charge on any atom is 0.266 e. The second-order valence-electron chi connectivity index (χ2n) is 7.12. The SMILES string of the molecule is CC1(C)CN(c2ccc(C(F)F)c(F)c2)[C@H]2CCCC[C@@H]2N1. The molecular weight excluding hydrogens is 289 g/mol. The Morgan fingerprint density at radius 1 is 1.23 bits per heavy atom. The van der Waals surface area contributed by atoms with Crippen LogP contribution in [0, 0.1) is 5.82 Å². The zero-order valence-electron chi connectivity index (χ0n) is 13.1. The highest BCUT2D eigenvalue weighted by atomic mass is 19.3. The van der Waals surface area contributed by atoms with Crippen molar-refractivity contribution >= 4 is 5.69 Å². The monoisotopic (exact) mass is 312 g/mol. The molecule has 2 fully saturated rings. The van der Waals surface area contributed by atoms with Crippen LogP contribution in [0.4, 0.5) is 18.9 Å². The normalized spacial score (nSPS) is 27.8. The first-order valence-electron chi connectivity index (χ1n) is 7.99. The van der Waals surface area contributed by atoms with E-state index >= 15 is 0 Å². The summed E-state index contributed by atoms with van der Waals surface area (Å²) < 4.78 is 39.4. The van der Waals surface area contributed by atoms with Crippen LogP contribution in [0.3, 0.4) is 0 Å². The molecule has 1 aliphatic carbocycles. The molecule has 0 radical (unpaired) electrons. The summed E-state index contributed by atoms with van der Waals surface area (Å²) in [5.74, 6) is -0.809. The minimum Gasteiger partial charge on any atom is -0.365 e. The number of halogens is 3. The molecule has 0 amide bonds. The van der Waals surface area contributed by atoms with Crippen LogP contribution in [0.15, 0.2) is 18.2 Å². The summed E-state index contributed by atoms with van der Waals surface area (Å²) in [4.78, 5) is 2.21. The number of anilines is 1. The fourth-order valence-electron chi connectivity index (χ4n) is 3.90. The van der Waals surface area contributed by atoms with E-state index in [1.165, 1.54) is 18.6 Å². The number of nitrogens with zero attached hydrogens (tertiary/aromatic N) is 1. The van der Waals surface area contributed by atoms with Gasteiger partial charge in [0.15, 0.2) is 0 Å². The van der Waals surface area contributed by atoms with Crippen LogP contribution in [0.1, 0.15) is 51.5 Å². The fourth-order valence-corrected chi connectivity index (χ4v) is 3.90. The molecule has 2 nitrogen and oxygen atoms in total. The van der Waals surface area contributed by atoms with Crippen molar-refractivity contribution in [2.45, 2.75) is 63.6 Å². The molecule has 0 spiro atoms. The van der Waals surface area contributed by atoms with E-state index < -0.39 is 17.8 Å². The second-order valence-corrected chi connectivity index (χ2v) is 7.12. The predicted molar refractivity (Wildman–Crippen MR) is 82.0 cm³/mol. The van der Waals surface area contributed by atoms with E-state index in [2.05, 4.69) is 24.1 Å². The maximum atomic E-state index is 14.0. The third-order valence-corrected chi connectivity index (χ3v) is 4.82. The molecule has 22 heavy (non-hydrogen) atoms. The van der Waals surface area contributed by atoms with E-state index in [0.717, 1.165) is 25.8 Å². The van der Waals surface area contributed by atoms with E-state index in [0.29, 0.717) is 17.8 Å². The molecule has 0 bridgehead atoms. The standard InChI is InChI=1S/C17H23F3N2/c1-17(2)10-22(15-6-4-3-5-14(15)21-17)11-7-8-12(16(19)20)13(18)9-11/h7-9,14-16,21H,3-6,10H2,1-2H3/t14-,15-/m0/s1.